The molecule has 2 atom stereocenters. The van der Waals surface area contributed by atoms with E-state index < -0.39 is 16.8 Å². The van der Waals surface area contributed by atoms with Crippen molar-refractivity contribution < 1.29 is 19.6 Å². The van der Waals surface area contributed by atoms with Gasteiger partial charge in [-0.3, -0.25) is 19.7 Å². The van der Waals surface area contributed by atoms with E-state index in [4.69, 9.17) is 5.11 Å². The molecule has 1 saturated heterocycles. The van der Waals surface area contributed by atoms with Crippen LogP contribution in [0, 0.1) is 22.0 Å². The lowest BCUT2D eigenvalue weighted by Crippen LogP contribution is -2.30. The molecule has 1 aromatic rings. The zero-order valence-corrected chi connectivity index (χ0v) is 13.4. The molecule has 124 valence electrons. The van der Waals surface area contributed by atoms with E-state index in [1.54, 1.807) is 19.1 Å². The Morgan fingerprint density at radius 1 is 1.35 bits per heavy atom. The first-order valence-corrected chi connectivity index (χ1v) is 7.52. The molecule has 0 aliphatic carbocycles. The van der Waals surface area contributed by atoms with Crippen LogP contribution in [0.2, 0.25) is 0 Å². The van der Waals surface area contributed by atoms with Crippen LogP contribution in [-0.2, 0) is 4.79 Å². The maximum Gasteiger partial charge on any atom is 0.308 e. The third kappa shape index (κ3) is 3.33. The summed E-state index contributed by atoms with van der Waals surface area (Å²) in [5.74, 6) is -2.04. The first-order valence-electron chi connectivity index (χ1n) is 7.52. The van der Waals surface area contributed by atoms with Crippen molar-refractivity contribution in [2.24, 2.45) is 11.8 Å². The summed E-state index contributed by atoms with van der Waals surface area (Å²) in [5.41, 5.74) is 0.719. The fourth-order valence-electron chi connectivity index (χ4n) is 2.96. The average Bonchev–Trinajstić information content (AvgIpc) is 2.87. The molecular weight excluding hydrogens is 300 g/mol. The smallest absolute Gasteiger partial charge is 0.308 e. The number of carbonyl (C=O) groups excluding carboxylic acids is 1. The van der Waals surface area contributed by atoms with Gasteiger partial charge >= 0.3 is 5.97 Å². The Morgan fingerprint density at radius 2 is 2.00 bits per heavy atom. The molecule has 1 aliphatic heterocycles. The van der Waals surface area contributed by atoms with E-state index in [1.807, 2.05) is 13.8 Å². The molecule has 0 aromatic heterocycles. The third-order valence-electron chi connectivity index (χ3n) is 4.31. The second-order valence-electron chi connectivity index (χ2n) is 6.32. The predicted octanol–water partition coefficient (Wildman–Crippen LogP) is 2.51. The molecule has 7 nitrogen and oxygen atoms in total. The van der Waals surface area contributed by atoms with Crippen molar-refractivity contribution in [1.82, 2.24) is 4.90 Å². The second-order valence-corrected chi connectivity index (χ2v) is 6.32. The highest BCUT2D eigenvalue weighted by Crippen LogP contribution is 2.29. The minimum Gasteiger partial charge on any atom is -0.481 e. The van der Waals surface area contributed by atoms with Crippen LogP contribution in [0.4, 0.5) is 5.69 Å². The number of rotatable bonds is 4. The normalized spacial score (nSPS) is 20.8. The van der Waals surface area contributed by atoms with Crippen molar-refractivity contribution in [2.45, 2.75) is 26.7 Å². The number of hydrogen-bond donors (Lipinski definition) is 1. The number of nitro groups is 1. The second kappa shape index (κ2) is 6.36. The van der Waals surface area contributed by atoms with Gasteiger partial charge in [-0.15, -0.1) is 0 Å². The number of carboxylic acid groups (broad SMARTS) is 1. The molecule has 1 fully saturated rings. The minimum absolute atomic E-state index is 0.0252. The van der Waals surface area contributed by atoms with E-state index in [9.17, 15) is 19.7 Å². The van der Waals surface area contributed by atoms with Gasteiger partial charge in [-0.1, -0.05) is 26.8 Å². The van der Waals surface area contributed by atoms with Gasteiger partial charge < -0.3 is 10.0 Å². The molecule has 0 spiro atoms. The Hall–Kier alpha value is -2.44. The number of nitrogens with zero attached hydrogens (tertiary/aromatic N) is 2. The Labute approximate surface area is 134 Å². The Kier molecular flexibility index (Phi) is 4.68. The van der Waals surface area contributed by atoms with Gasteiger partial charge in [0.05, 0.1) is 10.8 Å². The summed E-state index contributed by atoms with van der Waals surface area (Å²) in [4.78, 5) is 35.9. The number of aliphatic carboxylic acids is 1. The summed E-state index contributed by atoms with van der Waals surface area (Å²) < 4.78 is 0. The van der Waals surface area contributed by atoms with Gasteiger partial charge in [-0.25, -0.2) is 0 Å². The molecule has 7 heteroatoms. The summed E-state index contributed by atoms with van der Waals surface area (Å²) in [5, 5.41) is 20.4. The third-order valence-corrected chi connectivity index (χ3v) is 4.31. The van der Waals surface area contributed by atoms with Crippen LogP contribution in [-0.4, -0.2) is 39.9 Å². The highest BCUT2D eigenvalue weighted by Gasteiger charge is 2.37. The van der Waals surface area contributed by atoms with Crippen LogP contribution in [0.3, 0.4) is 0 Å². The number of hydrogen-bond acceptors (Lipinski definition) is 4. The SMILES string of the molecule is CC(C)c1ccc(C(=O)N2C[C@@H](C)[C@H](C(=O)O)C2)cc1[N+](=O)[O-]. The van der Waals surface area contributed by atoms with E-state index in [2.05, 4.69) is 0 Å². The van der Waals surface area contributed by atoms with Crippen LogP contribution in [0.25, 0.3) is 0 Å². The average molecular weight is 320 g/mol. The molecule has 0 radical (unpaired) electrons. The van der Waals surface area contributed by atoms with Gasteiger partial charge in [0.2, 0.25) is 0 Å². The maximum atomic E-state index is 12.5. The Bertz CT molecular complexity index is 656. The number of benzene rings is 1. The number of nitro benzene ring substituents is 1. The molecule has 23 heavy (non-hydrogen) atoms. The largest absolute Gasteiger partial charge is 0.481 e. The van der Waals surface area contributed by atoms with E-state index in [0.717, 1.165) is 0 Å². The topological polar surface area (TPSA) is 101 Å². The lowest BCUT2D eigenvalue weighted by atomic mass is 9.99. The van der Waals surface area contributed by atoms with Gasteiger partial charge in [-0.05, 0) is 17.9 Å². The first-order chi connectivity index (χ1) is 10.7. The Morgan fingerprint density at radius 3 is 2.48 bits per heavy atom. The van der Waals surface area contributed by atoms with Gasteiger partial charge in [-0.2, -0.15) is 0 Å². The quantitative estimate of drug-likeness (QED) is 0.678. The lowest BCUT2D eigenvalue weighted by Gasteiger charge is -2.16. The summed E-state index contributed by atoms with van der Waals surface area (Å²) in [6.07, 6.45) is 0. The molecule has 1 aliphatic rings. The monoisotopic (exact) mass is 320 g/mol. The van der Waals surface area contributed by atoms with Crippen LogP contribution in [0.1, 0.15) is 42.6 Å². The molecule has 1 amide bonds. The van der Waals surface area contributed by atoms with E-state index >= 15 is 0 Å². The highest BCUT2D eigenvalue weighted by atomic mass is 16.6. The van der Waals surface area contributed by atoms with Crippen molar-refractivity contribution in [2.75, 3.05) is 13.1 Å². The van der Waals surface area contributed by atoms with E-state index in [-0.39, 0.29) is 35.5 Å². The fourth-order valence-corrected chi connectivity index (χ4v) is 2.96. The van der Waals surface area contributed by atoms with Crippen molar-refractivity contribution in [3.05, 3.63) is 39.4 Å². The van der Waals surface area contributed by atoms with Crippen LogP contribution in [0.15, 0.2) is 18.2 Å². The minimum atomic E-state index is -0.922. The number of likely N-dealkylation sites (tertiary alicyclic amines) is 1. The lowest BCUT2D eigenvalue weighted by molar-refractivity contribution is -0.385. The Balaban J connectivity index is 2.29. The maximum absolute atomic E-state index is 12.5. The first kappa shape index (κ1) is 16.9. The molecular formula is C16H20N2O5. The van der Waals surface area contributed by atoms with Gasteiger partial charge in [0.15, 0.2) is 0 Å². The van der Waals surface area contributed by atoms with Gasteiger partial charge in [0, 0.05) is 30.3 Å². The van der Waals surface area contributed by atoms with Crippen LogP contribution < -0.4 is 0 Å². The van der Waals surface area contributed by atoms with Crippen LogP contribution in [0.5, 0.6) is 0 Å². The molecule has 0 saturated carbocycles. The predicted molar refractivity (Wildman–Crippen MR) is 83.4 cm³/mol. The number of amides is 1. The summed E-state index contributed by atoms with van der Waals surface area (Å²) in [6, 6.07) is 4.46. The van der Waals surface area contributed by atoms with Crippen molar-refractivity contribution in [3.63, 3.8) is 0 Å². The van der Waals surface area contributed by atoms with Crippen molar-refractivity contribution in [3.8, 4) is 0 Å². The van der Waals surface area contributed by atoms with Crippen LogP contribution >= 0.6 is 0 Å². The standard InChI is InChI=1S/C16H20N2O5/c1-9(2)12-5-4-11(6-14(12)18(22)23)15(19)17-7-10(3)13(8-17)16(20)21/h4-6,9-10,13H,7-8H2,1-3H3,(H,20,21)/t10-,13-/m1/s1. The summed E-state index contributed by atoms with van der Waals surface area (Å²) in [6.45, 7) is 5.97. The van der Waals surface area contributed by atoms with E-state index in [0.29, 0.717) is 12.1 Å². The fraction of sp³-hybridized carbons (Fsp3) is 0.500. The molecule has 0 bridgehead atoms. The zero-order valence-electron chi connectivity index (χ0n) is 13.4. The zero-order chi connectivity index (χ0) is 17.3. The van der Waals surface area contributed by atoms with Gasteiger partial charge in [0.25, 0.3) is 11.6 Å². The number of carbonyl (C=O) groups is 2. The summed E-state index contributed by atoms with van der Waals surface area (Å²) in [7, 11) is 0. The molecule has 1 N–H and O–H groups in total. The molecule has 2 rings (SSSR count). The van der Waals surface area contributed by atoms with Crippen molar-refractivity contribution >= 4 is 17.6 Å². The molecule has 1 heterocycles. The van der Waals surface area contributed by atoms with E-state index in [1.165, 1.54) is 11.0 Å². The van der Waals surface area contributed by atoms with Gasteiger partial charge in [0.1, 0.15) is 0 Å². The summed E-state index contributed by atoms with van der Waals surface area (Å²) >= 11 is 0. The number of carboxylic acids is 1. The molecule has 0 unspecified atom stereocenters. The van der Waals surface area contributed by atoms with Crippen molar-refractivity contribution in [1.29, 1.82) is 0 Å². The molecule has 1 aromatic carbocycles. The highest BCUT2D eigenvalue weighted by molar-refractivity contribution is 5.95.